The third-order valence-electron chi connectivity index (χ3n) is 2.57. The van der Waals surface area contributed by atoms with Crippen LogP contribution in [0.1, 0.15) is 11.6 Å². The Labute approximate surface area is 112 Å². The number of rotatable bonds is 4. The van der Waals surface area contributed by atoms with Crippen LogP contribution in [0.25, 0.3) is 0 Å². The molecule has 0 heterocycles. The Bertz CT molecular complexity index is 467. The highest BCUT2D eigenvalue weighted by molar-refractivity contribution is 5.77. The van der Waals surface area contributed by atoms with E-state index in [9.17, 15) is 26.7 Å². The highest BCUT2D eigenvalue weighted by Gasteiger charge is 2.43. The van der Waals surface area contributed by atoms with Gasteiger partial charge in [-0.2, -0.15) is 13.2 Å². The lowest BCUT2D eigenvalue weighted by Crippen LogP contribution is -2.41. The zero-order chi connectivity index (χ0) is 15.5. The van der Waals surface area contributed by atoms with Gasteiger partial charge in [-0.05, 0) is 12.1 Å². The largest absolute Gasteiger partial charge is 0.408 e. The van der Waals surface area contributed by atoms with E-state index in [1.807, 2.05) is 5.32 Å². The molecule has 3 nitrogen and oxygen atoms in total. The molecule has 0 bridgehead atoms. The molecule has 20 heavy (non-hydrogen) atoms. The first-order valence-electron chi connectivity index (χ1n) is 5.58. The van der Waals surface area contributed by atoms with E-state index in [-0.39, 0.29) is 0 Å². The smallest absolute Gasteiger partial charge is 0.348 e. The number of hydrogen-bond donors (Lipinski definition) is 1. The van der Waals surface area contributed by atoms with Gasteiger partial charge in [0, 0.05) is 19.7 Å². The molecule has 0 aliphatic rings. The van der Waals surface area contributed by atoms with Crippen LogP contribution in [0.4, 0.5) is 22.0 Å². The monoisotopic (exact) mass is 296 g/mol. The van der Waals surface area contributed by atoms with Gasteiger partial charge in [-0.1, -0.05) is 6.07 Å². The number of nitrogens with zero attached hydrogens (tertiary/aromatic N) is 1. The molecule has 0 fully saturated rings. The maximum Gasteiger partial charge on any atom is 0.408 e. The standard InChI is InChI=1S/C12H13F5N2O/c1-19(2)9(20)6-18-11(12(15,16)17)10-7(13)4-3-5-8(10)14/h3-5,11,18H,6H2,1-2H3/t11-/m1/s1. The van der Waals surface area contributed by atoms with E-state index < -0.39 is 41.9 Å². The van der Waals surface area contributed by atoms with Crippen molar-refractivity contribution in [2.24, 2.45) is 0 Å². The molecular weight excluding hydrogens is 283 g/mol. The van der Waals surface area contributed by atoms with Gasteiger partial charge in [0.2, 0.25) is 5.91 Å². The second-order valence-corrected chi connectivity index (χ2v) is 4.28. The minimum Gasteiger partial charge on any atom is -0.348 e. The molecule has 112 valence electrons. The lowest BCUT2D eigenvalue weighted by atomic mass is 10.0. The third kappa shape index (κ3) is 3.89. The molecule has 8 heteroatoms. The molecule has 1 rings (SSSR count). The summed E-state index contributed by atoms with van der Waals surface area (Å²) in [6.07, 6.45) is -4.93. The summed E-state index contributed by atoms with van der Waals surface area (Å²) in [5.74, 6) is -3.29. The molecule has 1 amide bonds. The van der Waals surface area contributed by atoms with Gasteiger partial charge >= 0.3 is 6.18 Å². The van der Waals surface area contributed by atoms with Crippen LogP contribution in [-0.4, -0.2) is 37.6 Å². The average Bonchev–Trinajstić information content (AvgIpc) is 2.30. The first-order valence-corrected chi connectivity index (χ1v) is 5.58. The predicted molar refractivity (Wildman–Crippen MR) is 61.9 cm³/mol. The van der Waals surface area contributed by atoms with Gasteiger partial charge in [-0.3, -0.25) is 10.1 Å². The molecule has 0 radical (unpaired) electrons. The van der Waals surface area contributed by atoms with Crippen LogP contribution >= 0.6 is 0 Å². The molecule has 1 atom stereocenters. The van der Waals surface area contributed by atoms with Gasteiger partial charge in [0.15, 0.2) is 0 Å². The number of hydrogen-bond acceptors (Lipinski definition) is 2. The van der Waals surface area contributed by atoms with Crippen molar-refractivity contribution >= 4 is 5.91 Å². The Kier molecular flexibility index (Phi) is 5.04. The Balaban J connectivity index is 3.06. The van der Waals surface area contributed by atoms with Crippen LogP contribution in [0.3, 0.4) is 0 Å². The highest BCUT2D eigenvalue weighted by atomic mass is 19.4. The minimum atomic E-state index is -4.93. The Morgan fingerprint density at radius 2 is 1.75 bits per heavy atom. The van der Waals surface area contributed by atoms with E-state index in [1.165, 1.54) is 14.1 Å². The molecule has 0 unspecified atom stereocenters. The zero-order valence-corrected chi connectivity index (χ0v) is 10.8. The van der Waals surface area contributed by atoms with Crippen molar-refractivity contribution < 1.29 is 26.7 Å². The van der Waals surface area contributed by atoms with Gasteiger partial charge in [0.25, 0.3) is 0 Å². The summed E-state index contributed by atoms with van der Waals surface area (Å²) >= 11 is 0. The Morgan fingerprint density at radius 3 is 2.15 bits per heavy atom. The molecule has 1 aromatic rings. The summed E-state index contributed by atoms with van der Waals surface area (Å²) in [4.78, 5) is 12.4. The minimum absolute atomic E-state index is 0.643. The number of nitrogens with one attached hydrogen (secondary N) is 1. The number of amides is 1. The molecule has 0 saturated heterocycles. The van der Waals surface area contributed by atoms with E-state index in [0.29, 0.717) is 0 Å². The SMILES string of the molecule is CN(C)C(=O)CN[C@H](c1c(F)cccc1F)C(F)(F)F. The topological polar surface area (TPSA) is 32.3 Å². The number of carbonyl (C=O) groups is 1. The molecule has 0 saturated carbocycles. The molecule has 0 aliphatic carbocycles. The number of halogens is 5. The zero-order valence-electron chi connectivity index (χ0n) is 10.8. The van der Waals surface area contributed by atoms with Crippen LogP contribution in [-0.2, 0) is 4.79 Å². The van der Waals surface area contributed by atoms with E-state index in [4.69, 9.17) is 0 Å². The van der Waals surface area contributed by atoms with Crippen LogP contribution in [0.5, 0.6) is 0 Å². The first-order chi connectivity index (χ1) is 9.14. The van der Waals surface area contributed by atoms with E-state index in [0.717, 1.165) is 23.1 Å². The molecule has 0 spiro atoms. The average molecular weight is 296 g/mol. The third-order valence-corrected chi connectivity index (χ3v) is 2.57. The lowest BCUT2D eigenvalue weighted by molar-refractivity contribution is -0.160. The summed E-state index contributed by atoms with van der Waals surface area (Å²) in [7, 11) is 2.71. The second-order valence-electron chi connectivity index (χ2n) is 4.28. The number of likely N-dealkylation sites (N-methyl/N-ethyl adjacent to an activating group) is 1. The maximum atomic E-state index is 13.4. The van der Waals surface area contributed by atoms with Crippen molar-refractivity contribution in [3.8, 4) is 0 Å². The van der Waals surface area contributed by atoms with Crippen molar-refractivity contribution in [1.82, 2.24) is 10.2 Å². The number of benzene rings is 1. The van der Waals surface area contributed by atoms with Crippen molar-refractivity contribution in [3.63, 3.8) is 0 Å². The first kappa shape index (κ1) is 16.4. The van der Waals surface area contributed by atoms with E-state index >= 15 is 0 Å². The van der Waals surface area contributed by atoms with E-state index in [1.54, 1.807) is 0 Å². The van der Waals surface area contributed by atoms with Crippen molar-refractivity contribution in [2.45, 2.75) is 12.2 Å². The van der Waals surface area contributed by atoms with Crippen molar-refractivity contribution in [3.05, 3.63) is 35.4 Å². The predicted octanol–water partition coefficient (Wildman–Crippen LogP) is 2.25. The van der Waals surface area contributed by atoms with Crippen molar-refractivity contribution in [2.75, 3.05) is 20.6 Å². The quantitative estimate of drug-likeness (QED) is 0.864. The lowest BCUT2D eigenvalue weighted by Gasteiger charge is -2.23. The second kappa shape index (κ2) is 6.17. The van der Waals surface area contributed by atoms with E-state index in [2.05, 4.69) is 0 Å². The fourth-order valence-electron chi connectivity index (χ4n) is 1.52. The summed E-state index contributed by atoms with van der Waals surface area (Å²) in [5, 5.41) is 1.84. The van der Waals surface area contributed by atoms with Gasteiger partial charge in [-0.15, -0.1) is 0 Å². The summed E-state index contributed by atoms with van der Waals surface area (Å²) < 4.78 is 65.6. The fourth-order valence-corrected chi connectivity index (χ4v) is 1.52. The maximum absolute atomic E-state index is 13.4. The van der Waals surface area contributed by atoms with Gasteiger partial charge in [0.1, 0.15) is 17.7 Å². The number of carbonyl (C=O) groups excluding carboxylic acids is 1. The molecule has 0 aliphatic heterocycles. The van der Waals surface area contributed by atoms with Gasteiger partial charge in [0.05, 0.1) is 6.54 Å². The molecule has 1 N–H and O–H groups in total. The summed E-state index contributed by atoms with van der Waals surface area (Å²) in [5.41, 5.74) is -1.15. The fraction of sp³-hybridized carbons (Fsp3) is 0.417. The van der Waals surface area contributed by atoms with Crippen LogP contribution in [0.15, 0.2) is 18.2 Å². The summed E-state index contributed by atoms with van der Waals surface area (Å²) in [6.45, 7) is -0.690. The van der Waals surface area contributed by atoms with Crippen LogP contribution in [0.2, 0.25) is 0 Å². The normalized spacial score (nSPS) is 13.2. The van der Waals surface area contributed by atoms with Crippen LogP contribution in [0, 0.1) is 11.6 Å². The van der Waals surface area contributed by atoms with Crippen LogP contribution < -0.4 is 5.32 Å². The molecular formula is C12H13F5N2O. The Morgan fingerprint density at radius 1 is 1.25 bits per heavy atom. The van der Waals surface area contributed by atoms with Gasteiger partial charge < -0.3 is 4.90 Å². The highest BCUT2D eigenvalue weighted by Crippen LogP contribution is 2.35. The molecule has 0 aromatic heterocycles. The van der Waals surface area contributed by atoms with Crippen molar-refractivity contribution in [1.29, 1.82) is 0 Å². The summed E-state index contributed by atoms with van der Waals surface area (Å²) in [6, 6.07) is -0.168. The number of alkyl halides is 3. The Hall–Kier alpha value is -1.70. The molecule has 1 aromatic carbocycles. The van der Waals surface area contributed by atoms with Gasteiger partial charge in [-0.25, -0.2) is 8.78 Å².